The third-order valence-electron chi connectivity index (χ3n) is 4.86. The van der Waals surface area contributed by atoms with Crippen molar-refractivity contribution in [2.75, 3.05) is 16.9 Å². The Hall–Kier alpha value is -2.86. The normalized spacial score (nSPS) is 16.3. The summed E-state index contributed by atoms with van der Waals surface area (Å²) >= 11 is 1.53. The number of anilines is 1. The van der Waals surface area contributed by atoms with Crippen molar-refractivity contribution in [1.29, 1.82) is 0 Å². The zero-order valence-electron chi connectivity index (χ0n) is 15.1. The van der Waals surface area contributed by atoms with E-state index in [9.17, 15) is 14.0 Å². The van der Waals surface area contributed by atoms with Gasteiger partial charge in [0.05, 0.1) is 18.0 Å². The van der Waals surface area contributed by atoms with Gasteiger partial charge < -0.3 is 10.2 Å². The Labute approximate surface area is 166 Å². The van der Waals surface area contributed by atoms with Gasteiger partial charge in [-0.25, -0.2) is 4.39 Å². The Balaban J connectivity index is 1.50. The van der Waals surface area contributed by atoms with Gasteiger partial charge in [-0.3, -0.25) is 9.59 Å². The molecule has 0 aromatic heterocycles. The number of rotatable bonds is 4. The molecule has 1 aliphatic heterocycles. The van der Waals surface area contributed by atoms with E-state index in [1.54, 1.807) is 17.0 Å². The molecule has 1 fully saturated rings. The number of para-hydroxylation sites is 1. The van der Waals surface area contributed by atoms with E-state index in [0.717, 1.165) is 16.3 Å². The second kappa shape index (κ2) is 8.02. The molecule has 3 aromatic carbocycles. The van der Waals surface area contributed by atoms with Gasteiger partial charge in [-0.1, -0.05) is 54.6 Å². The van der Waals surface area contributed by atoms with Crippen LogP contribution in [0.5, 0.6) is 0 Å². The molecule has 0 aliphatic carbocycles. The maximum absolute atomic E-state index is 13.8. The molecule has 0 bridgehead atoms. The molecule has 1 atom stereocenters. The third kappa shape index (κ3) is 3.73. The number of carbonyl (C=O) groups is 2. The number of hydrogen-bond donors (Lipinski definition) is 1. The Bertz CT molecular complexity index is 1030. The molecule has 1 heterocycles. The van der Waals surface area contributed by atoms with Gasteiger partial charge in [-0.15, -0.1) is 11.8 Å². The van der Waals surface area contributed by atoms with Crippen LogP contribution in [0, 0.1) is 5.82 Å². The van der Waals surface area contributed by atoms with Crippen molar-refractivity contribution in [1.82, 2.24) is 4.90 Å². The Morgan fingerprint density at radius 2 is 1.79 bits per heavy atom. The van der Waals surface area contributed by atoms with Gasteiger partial charge in [-0.05, 0) is 28.5 Å². The minimum absolute atomic E-state index is 0.102. The molecule has 0 unspecified atom stereocenters. The predicted octanol–water partition coefficient (Wildman–Crippen LogP) is 4.06. The number of amides is 2. The lowest BCUT2D eigenvalue weighted by molar-refractivity contribution is -0.135. The molecular weight excluding hydrogens is 375 g/mol. The Morgan fingerprint density at radius 3 is 2.64 bits per heavy atom. The van der Waals surface area contributed by atoms with E-state index in [4.69, 9.17) is 0 Å². The van der Waals surface area contributed by atoms with Crippen molar-refractivity contribution in [2.24, 2.45) is 0 Å². The molecule has 4 nitrogen and oxygen atoms in total. The molecular formula is C22H19FN2O2S. The molecule has 142 valence electrons. The van der Waals surface area contributed by atoms with Gasteiger partial charge in [0.2, 0.25) is 11.8 Å². The third-order valence-corrected chi connectivity index (χ3v) is 5.87. The number of nitrogens with one attached hydrogen (secondary N) is 1. The maximum atomic E-state index is 13.8. The summed E-state index contributed by atoms with van der Waals surface area (Å²) in [4.78, 5) is 27.2. The summed E-state index contributed by atoms with van der Waals surface area (Å²) in [6.07, 6.45) is 0.228. The van der Waals surface area contributed by atoms with Gasteiger partial charge in [0, 0.05) is 5.75 Å². The minimum Gasteiger partial charge on any atom is -0.322 e. The number of nitrogens with zero attached hydrogens (tertiary/aromatic N) is 1. The average molecular weight is 394 g/mol. The summed E-state index contributed by atoms with van der Waals surface area (Å²) in [7, 11) is 0. The monoisotopic (exact) mass is 394 g/mol. The fraction of sp³-hybridized carbons (Fsp3) is 0.182. The van der Waals surface area contributed by atoms with Gasteiger partial charge >= 0.3 is 0 Å². The summed E-state index contributed by atoms with van der Waals surface area (Å²) in [5.41, 5.74) is 1.07. The molecule has 1 N–H and O–H groups in total. The van der Waals surface area contributed by atoms with Crippen LogP contribution in [0.25, 0.3) is 10.8 Å². The van der Waals surface area contributed by atoms with Crippen LogP contribution >= 0.6 is 11.8 Å². The molecule has 28 heavy (non-hydrogen) atoms. The molecule has 2 amide bonds. The van der Waals surface area contributed by atoms with Crippen molar-refractivity contribution in [3.05, 3.63) is 78.1 Å². The summed E-state index contributed by atoms with van der Waals surface area (Å²) in [6.45, 7) is 0. The highest BCUT2D eigenvalue weighted by Crippen LogP contribution is 2.25. The first-order chi connectivity index (χ1) is 13.6. The highest BCUT2D eigenvalue weighted by molar-refractivity contribution is 7.99. The number of benzene rings is 3. The average Bonchev–Trinajstić information content (AvgIpc) is 3.20. The lowest BCUT2D eigenvalue weighted by Crippen LogP contribution is -2.45. The molecule has 0 spiro atoms. The summed E-state index contributed by atoms with van der Waals surface area (Å²) < 4.78 is 13.8. The Kier molecular flexibility index (Phi) is 5.30. The summed E-state index contributed by atoms with van der Waals surface area (Å²) in [5.74, 6) is 0.00657. The quantitative estimate of drug-likeness (QED) is 0.726. The number of halogens is 1. The van der Waals surface area contributed by atoms with Crippen LogP contribution in [0.2, 0.25) is 0 Å². The zero-order chi connectivity index (χ0) is 19.5. The lowest BCUT2D eigenvalue weighted by atomic mass is 10.0. The fourth-order valence-electron chi connectivity index (χ4n) is 3.40. The largest absolute Gasteiger partial charge is 0.322 e. The highest BCUT2D eigenvalue weighted by atomic mass is 32.2. The first-order valence-corrected chi connectivity index (χ1v) is 10.2. The van der Waals surface area contributed by atoms with E-state index >= 15 is 0 Å². The molecule has 4 rings (SSSR count). The SMILES string of the molecule is O=C(Nc1ccccc1F)[C@H]1CSCN1C(=O)Cc1cccc2ccccc12. The van der Waals surface area contributed by atoms with Crippen LogP contribution in [-0.2, 0) is 16.0 Å². The number of carbonyl (C=O) groups excluding carboxylic acids is 2. The predicted molar refractivity (Wildman–Crippen MR) is 111 cm³/mol. The zero-order valence-corrected chi connectivity index (χ0v) is 15.9. The fourth-order valence-corrected chi connectivity index (χ4v) is 4.58. The van der Waals surface area contributed by atoms with Crippen molar-refractivity contribution in [3.8, 4) is 0 Å². The van der Waals surface area contributed by atoms with Crippen LogP contribution in [0.4, 0.5) is 10.1 Å². The summed E-state index contributed by atoms with van der Waals surface area (Å²) in [5, 5.41) is 4.73. The van der Waals surface area contributed by atoms with Crippen LogP contribution in [0.3, 0.4) is 0 Å². The van der Waals surface area contributed by atoms with Crippen molar-refractivity contribution in [3.63, 3.8) is 0 Å². The Morgan fingerprint density at radius 1 is 1.04 bits per heavy atom. The standard InChI is InChI=1S/C22H19FN2O2S/c23-18-10-3-4-11-19(18)24-22(27)20-13-28-14-25(20)21(26)12-16-8-5-7-15-6-1-2-9-17(15)16/h1-11,20H,12-14H2,(H,24,27)/t20-/m1/s1. The van der Waals surface area contributed by atoms with Crippen LogP contribution in [-0.4, -0.2) is 34.4 Å². The first kappa shape index (κ1) is 18.5. The number of fused-ring (bicyclic) bond motifs is 1. The molecule has 6 heteroatoms. The van der Waals surface area contributed by atoms with E-state index in [1.165, 1.54) is 23.9 Å². The van der Waals surface area contributed by atoms with Gasteiger partial charge in [0.25, 0.3) is 0 Å². The lowest BCUT2D eigenvalue weighted by Gasteiger charge is -2.23. The molecule has 3 aromatic rings. The van der Waals surface area contributed by atoms with Gasteiger partial charge in [0.1, 0.15) is 11.9 Å². The molecule has 0 radical (unpaired) electrons. The van der Waals surface area contributed by atoms with E-state index in [1.807, 2.05) is 42.5 Å². The van der Waals surface area contributed by atoms with Crippen LogP contribution in [0.15, 0.2) is 66.7 Å². The first-order valence-electron chi connectivity index (χ1n) is 9.03. The summed E-state index contributed by atoms with van der Waals surface area (Å²) in [6, 6.07) is 19.2. The topological polar surface area (TPSA) is 49.4 Å². The van der Waals surface area contributed by atoms with E-state index in [2.05, 4.69) is 5.32 Å². The molecule has 1 saturated heterocycles. The van der Waals surface area contributed by atoms with Gasteiger partial charge in [-0.2, -0.15) is 0 Å². The number of hydrogen-bond acceptors (Lipinski definition) is 3. The van der Waals surface area contributed by atoms with Crippen LogP contribution in [0.1, 0.15) is 5.56 Å². The number of thioether (sulfide) groups is 1. The maximum Gasteiger partial charge on any atom is 0.248 e. The smallest absolute Gasteiger partial charge is 0.248 e. The van der Waals surface area contributed by atoms with E-state index < -0.39 is 11.9 Å². The van der Waals surface area contributed by atoms with Crippen LogP contribution < -0.4 is 5.32 Å². The van der Waals surface area contributed by atoms with E-state index in [-0.39, 0.29) is 23.9 Å². The van der Waals surface area contributed by atoms with Crippen molar-refractivity contribution < 1.29 is 14.0 Å². The molecule has 1 aliphatic rings. The van der Waals surface area contributed by atoms with Gasteiger partial charge in [0.15, 0.2) is 0 Å². The van der Waals surface area contributed by atoms with Crippen molar-refractivity contribution >= 4 is 40.0 Å². The van der Waals surface area contributed by atoms with Crippen molar-refractivity contribution in [2.45, 2.75) is 12.5 Å². The molecule has 0 saturated carbocycles. The second-order valence-electron chi connectivity index (χ2n) is 6.66. The second-order valence-corrected chi connectivity index (χ2v) is 7.66. The minimum atomic E-state index is -0.605. The van der Waals surface area contributed by atoms with E-state index in [0.29, 0.717) is 11.6 Å². The highest BCUT2D eigenvalue weighted by Gasteiger charge is 2.34.